The van der Waals surface area contributed by atoms with Crippen LogP contribution in [0.25, 0.3) is 6.08 Å². The van der Waals surface area contributed by atoms with Crippen molar-refractivity contribution in [3.8, 4) is 0 Å². The fraction of sp³-hybridized carbons (Fsp3) is 0.370. The Morgan fingerprint density at radius 1 is 1.18 bits per heavy atom. The van der Waals surface area contributed by atoms with Crippen LogP contribution in [-0.4, -0.2) is 53.0 Å². The van der Waals surface area contributed by atoms with E-state index in [1.165, 1.54) is 6.08 Å². The van der Waals surface area contributed by atoms with Gasteiger partial charge in [-0.05, 0) is 42.0 Å². The van der Waals surface area contributed by atoms with Gasteiger partial charge in [0.05, 0.1) is 18.1 Å². The number of carbonyl (C=O) groups excluding carboxylic acids is 3. The number of nitrogens with zero attached hydrogens (tertiary/aromatic N) is 1. The number of aliphatic hydroxyl groups excluding tert-OH is 1. The molecule has 7 nitrogen and oxygen atoms in total. The molecule has 7 heteroatoms. The molecule has 0 unspecified atom stereocenters. The van der Waals surface area contributed by atoms with E-state index < -0.39 is 17.5 Å². The van der Waals surface area contributed by atoms with E-state index in [-0.39, 0.29) is 36.8 Å². The number of benzene rings is 2. The molecular formula is C27H31N3O4. The van der Waals surface area contributed by atoms with E-state index in [4.69, 9.17) is 0 Å². The summed E-state index contributed by atoms with van der Waals surface area (Å²) in [6, 6.07) is 15.7. The topological polar surface area (TPSA) is 98.7 Å². The van der Waals surface area contributed by atoms with Crippen LogP contribution < -0.4 is 10.6 Å². The molecule has 1 spiro atoms. The molecule has 2 aliphatic rings. The van der Waals surface area contributed by atoms with Crippen LogP contribution in [0.3, 0.4) is 0 Å². The molecule has 178 valence electrons. The second kappa shape index (κ2) is 9.81. The van der Waals surface area contributed by atoms with Gasteiger partial charge in [-0.1, -0.05) is 62.4 Å². The lowest BCUT2D eigenvalue weighted by Crippen LogP contribution is -2.51. The van der Waals surface area contributed by atoms with Crippen molar-refractivity contribution >= 4 is 29.5 Å². The van der Waals surface area contributed by atoms with Crippen LogP contribution in [0.4, 0.5) is 5.69 Å². The minimum atomic E-state index is -0.890. The van der Waals surface area contributed by atoms with Gasteiger partial charge in [0.15, 0.2) is 0 Å². The Bertz CT molecular complexity index is 1100. The normalized spacial score (nSPS) is 22.3. The molecule has 2 aromatic rings. The Morgan fingerprint density at radius 3 is 2.59 bits per heavy atom. The van der Waals surface area contributed by atoms with Gasteiger partial charge in [-0.15, -0.1) is 0 Å². The average molecular weight is 462 g/mol. The van der Waals surface area contributed by atoms with Crippen molar-refractivity contribution in [3.63, 3.8) is 0 Å². The quantitative estimate of drug-likeness (QED) is 0.552. The zero-order valence-corrected chi connectivity index (χ0v) is 19.5. The van der Waals surface area contributed by atoms with Crippen molar-refractivity contribution in [3.05, 3.63) is 71.8 Å². The third-order valence-electron chi connectivity index (χ3n) is 6.63. The molecule has 4 rings (SSSR count). The van der Waals surface area contributed by atoms with Crippen molar-refractivity contribution in [2.75, 3.05) is 18.5 Å². The predicted octanol–water partition coefficient (Wildman–Crippen LogP) is 2.71. The number of nitrogens with one attached hydrogen (secondary N) is 2. The number of fused-ring (bicyclic) bond motifs is 2. The maximum Gasteiger partial charge on any atom is 0.245 e. The number of para-hydroxylation sites is 1. The third kappa shape index (κ3) is 4.61. The molecule has 3 atom stereocenters. The van der Waals surface area contributed by atoms with Crippen molar-refractivity contribution in [2.24, 2.45) is 5.92 Å². The Balaban J connectivity index is 1.54. The first kappa shape index (κ1) is 23.7. The zero-order chi connectivity index (χ0) is 24.3. The summed E-state index contributed by atoms with van der Waals surface area (Å²) in [6.07, 6.45) is 3.92. The van der Waals surface area contributed by atoms with Gasteiger partial charge < -0.3 is 20.6 Å². The van der Waals surface area contributed by atoms with Gasteiger partial charge >= 0.3 is 0 Å². The first-order valence-electron chi connectivity index (χ1n) is 11.7. The van der Waals surface area contributed by atoms with Crippen LogP contribution in [0.15, 0.2) is 60.7 Å². The zero-order valence-electron chi connectivity index (χ0n) is 19.5. The maximum absolute atomic E-state index is 13.7. The number of rotatable bonds is 7. The fourth-order valence-electron chi connectivity index (χ4n) is 5.00. The van der Waals surface area contributed by atoms with Crippen molar-refractivity contribution in [1.82, 2.24) is 10.2 Å². The van der Waals surface area contributed by atoms with Gasteiger partial charge in [-0.3, -0.25) is 14.4 Å². The molecule has 3 amide bonds. The molecule has 2 heterocycles. The first-order chi connectivity index (χ1) is 16.3. The highest BCUT2D eigenvalue weighted by molar-refractivity contribution is 6.07. The van der Waals surface area contributed by atoms with Gasteiger partial charge in [0, 0.05) is 18.3 Å². The van der Waals surface area contributed by atoms with Gasteiger partial charge in [-0.25, -0.2) is 0 Å². The van der Waals surface area contributed by atoms with E-state index in [1.54, 1.807) is 11.0 Å². The van der Waals surface area contributed by atoms with Crippen LogP contribution >= 0.6 is 0 Å². The van der Waals surface area contributed by atoms with Gasteiger partial charge in [0.1, 0.15) is 6.04 Å². The standard InChI is InChI=1S/C27H31N3O4/c1-18(2)14-23(28-24(32)13-12-19-8-4-3-5-9-19)25(33)30-17-27(15-20(30)16-31)21-10-6-7-11-22(21)29-26(27)34/h3-13,18,20,23,31H,14-17H2,1-2H3,(H,28,32)(H,29,34)/t20-,23-,27-/m0/s1. The van der Waals surface area contributed by atoms with E-state index in [0.29, 0.717) is 12.8 Å². The number of hydrogen-bond acceptors (Lipinski definition) is 4. The summed E-state index contributed by atoms with van der Waals surface area (Å²) in [4.78, 5) is 40.9. The third-order valence-corrected chi connectivity index (χ3v) is 6.63. The molecule has 0 aliphatic carbocycles. The summed E-state index contributed by atoms with van der Waals surface area (Å²) < 4.78 is 0. The summed E-state index contributed by atoms with van der Waals surface area (Å²) >= 11 is 0. The van der Waals surface area contributed by atoms with Crippen LogP contribution in [0, 0.1) is 5.92 Å². The van der Waals surface area contributed by atoms with E-state index >= 15 is 0 Å². The highest BCUT2D eigenvalue weighted by Gasteiger charge is 2.56. The van der Waals surface area contributed by atoms with Crippen LogP contribution in [0.1, 0.15) is 37.8 Å². The Morgan fingerprint density at radius 2 is 1.88 bits per heavy atom. The number of aliphatic hydroxyl groups is 1. The monoisotopic (exact) mass is 461 g/mol. The Hall–Kier alpha value is -3.45. The SMILES string of the molecule is CC(C)C[C@H](NC(=O)C=Cc1ccccc1)C(=O)N1C[C@]2(C[C@H]1CO)C(=O)Nc1ccccc12. The summed E-state index contributed by atoms with van der Waals surface area (Å²) in [5, 5.41) is 15.9. The van der Waals surface area contributed by atoms with Crippen molar-refractivity contribution < 1.29 is 19.5 Å². The smallest absolute Gasteiger partial charge is 0.245 e. The molecule has 1 saturated heterocycles. The summed E-state index contributed by atoms with van der Waals surface area (Å²) in [7, 11) is 0. The number of anilines is 1. The molecule has 1 fully saturated rings. The number of amides is 3. The highest BCUT2D eigenvalue weighted by atomic mass is 16.3. The fourth-order valence-corrected chi connectivity index (χ4v) is 5.00. The molecule has 0 radical (unpaired) electrons. The van der Waals surface area contributed by atoms with Crippen LogP contribution in [-0.2, 0) is 19.8 Å². The highest BCUT2D eigenvalue weighted by Crippen LogP contribution is 2.46. The first-order valence-corrected chi connectivity index (χ1v) is 11.7. The van der Waals surface area contributed by atoms with Crippen LogP contribution in [0.2, 0.25) is 0 Å². The second-order valence-corrected chi connectivity index (χ2v) is 9.52. The maximum atomic E-state index is 13.7. The predicted molar refractivity (Wildman–Crippen MR) is 131 cm³/mol. The molecule has 2 aromatic carbocycles. The largest absolute Gasteiger partial charge is 0.394 e. The lowest BCUT2D eigenvalue weighted by Gasteiger charge is -2.29. The Labute approximate surface area is 199 Å². The lowest BCUT2D eigenvalue weighted by atomic mass is 9.79. The minimum absolute atomic E-state index is 0.155. The van der Waals surface area contributed by atoms with Crippen molar-refractivity contribution in [2.45, 2.75) is 44.2 Å². The molecule has 0 aromatic heterocycles. The molecule has 0 bridgehead atoms. The van der Waals surface area contributed by atoms with Gasteiger partial charge in [0.2, 0.25) is 17.7 Å². The van der Waals surface area contributed by atoms with E-state index in [1.807, 2.05) is 68.4 Å². The molecule has 3 N–H and O–H groups in total. The molecule has 2 aliphatic heterocycles. The minimum Gasteiger partial charge on any atom is -0.394 e. The summed E-state index contributed by atoms with van der Waals surface area (Å²) in [6.45, 7) is 3.90. The summed E-state index contributed by atoms with van der Waals surface area (Å²) in [5.41, 5.74) is 1.59. The van der Waals surface area contributed by atoms with Crippen molar-refractivity contribution in [1.29, 1.82) is 0 Å². The van der Waals surface area contributed by atoms with Crippen LogP contribution in [0.5, 0.6) is 0 Å². The van der Waals surface area contributed by atoms with Gasteiger partial charge in [-0.2, -0.15) is 0 Å². The average Bonchev–Trinajstić information content (AvgIpc) is 3.35. The van der Waals surface area contributed by atoms with E-state index in [2.05, 4.69) is 10.6 Å². The van der Waals surface area contributed by atoms with E-state index in [0.717, 1.165) is 16.8 Å². The number of likely N-dealkylation sites (tertiary alicyclic amines) is 1. The molecule has 0 saturated carbocycles. The Kier molecular flexibility index (Phi) is 6.84. The molecule has 34 heavy (non-hydrogen) atoms. The number of hydrogen-bond donors (Lipinski definition) is 3. The number of carbonyl (C=O) groups is 3. The molecular weight excluding hydrogens is 430 g/mol. The van der Waals surface area contributed by atoms with Gasteiger partial charge in [0.25, 0.3) is 0 Å². The lowest BCUT2D eigenvalue weighted by molar-refractivity contribution is -0.137. The van der Waals surface area contributed by atoms with E-state index in [9.17, 15) is 19.5 Å². The second-order valence-electron chi connectivity index (χ2n) is 9.52. The summed E-state index contributed by atoms with van der Waals surface area (Å²) in [5.74, 6) is -0.630.